The number of anilines is 2. The molecule has 0 bridgehead atoms. The quantitative estimate of drug-likeness (QED) is 0.872. The smallest absolute Gasteiger partial charge is 0.411 e. The first-order valence-corrected chi connectivity index (χ1v) is 5.94. The van der Waals surface area contributed by atoms with Gasteiger partial charge >= 0.3 is 6.09 Å². The Morgan fingerprint density at radius 2 is 2.22 bits per heavy atom. The van der Waals surface area contributed by atoms with Crippen LogP contribution in [0.15, 0.2) is 18.2 Å². The second kappa shape index (κ2) is 5.08. The Morgan fingerprint density at radius 3 is 2.89 bits per heavy atom. The van der Waals surface area contributed by atoms with Crippen molar-refractivity contribution in [3.63, 3.8) is 0 Å². The van der Waals surface area contributed by atoms with Gasteiger partial charge in [-0.05, 0) is 37.1 Å². The summed E-state index contributed by atoms with van der Waals surface area (Å²) in [5.41, 5.74) is 2.69. The summed E-state index contributed by atoms with van der Waals surface area (Å²) in [4.78, 5) is 24.6. The lowest BCUT2D eigenvalue weighted by Gasteiger charge is -2.28. The molecule has 1 aromatic rings. The van der Waals surface area contributed by atoms with Crippen molar-refractivity contribution < 1.29 is 14.3 Å². The van der Waals surface area contributed by atoms with Gasteiger partial charge in [0.2, 0.25) is 5.91 Å². The lowest BCUT2D eigenvalue weighted by atomic mass is 10.0. The maximum Gasteiger partial charge on any atom is 0.411 e. The van der Waals surface area contributed by atoms with E-state index in [9.17, 15) is 9.59 Å². The van der Waals surface area contributed by atoms with E-state index >= 15 is 0 Å². The van der Waals surface area contributed by atoms with E-state index < -0.39 is 6.09 Å². The summed E-state index contributed by atoms with van der Waals surface area (Å²) in [6.07, 6.45) is 0.735. The molecule has 0 saturated carbocycles. The number of fused-ring (bicyclic) bond motifs is 1. The van der Waals surface area contributed by atoms with Gasteiger partial charge in [-0.2, -0.15) is 0 Å². The fourth-order valence-corrected chi connectivity index (χ4v) is 2.15. The number of benzene rings is 1. The van der Waals surface area contributed by atoms with E-state index in [1.54, 1.807) is 11.0 Å². The second-order valence-electron chi connectivity index (χ2n) is 4.10. The summed E-state index contributed by atoms with van der Waals surface area (Å²) in [7, 11) is 1.32. The highest BCUT2D eigenvalue weighted by Crippen LogP contribution is 2.30. The third-order valence-electron chi connectivity index (χ3n) is 3.03. The van der Waals surface area contributed by atoms with Crippen LogP contribution in [-0.2, 0) is 16.0 Å². The fraction of sp³-hybridized carbons (Fsp3) is 0.385. The topological polar surface area (TPSA) is 58.6 Å². The van der Waals surface area contributed by atoms with E-state index in [1.807, 2.05) is 19.1 Å². The lowest BCUT2D eigenvalue weighted by molar-refractivity contribution is -0.118. The number of rotatable bonds is 2. The van der Waals surface area contributed by atoms with Crippen LogP contribution in [0.25, 0.3) is 0 Å². The third kappa shape index (κ3) is 2.30. The molecule has 0 unspecified atom stereocenters. The van der Waals surface area contributed by atoms with Crippen molar-refractivity contribution in [1.82, 2.24) is 0 Å². The molecule has 0 atom stereocenters. The normalized spacial score (nSPS) is 14.1. The number of aryl methyl sites for hydroxylation is 1. The van der Waals surface area contributed by atoms with Crippen LogP contribution in [0.4, 0.5) is 16.2 Å². The summed E-state index contributed by atoms with van der Waals surface area (Å²) in [5, 5.41) is 2.62. The molecule has 96 valence electrons. The molecule has 0 aliphatic carbocycles. The van der Waals surface area contributed by atoms with E-state index in [2.05, 4.69) is 10.1 Å². The Bertz CT molecular complexity index is 485. The molecule has 1 aliphatic heterocycles. The number of hydrogen-bond acceptors (Lipinski definition) is 3. The van der Waals surface area contributed by atoms with E-state index in [1.165, 1.54) is 7.11 Å². The highest BCUT2D eigenvalue weighted by atomic mass is 16.5. The predicted molar refractivity (Wildman–Crippen MR) is 68.8 cm³/mol. The van der Waals surface area contributed by atoms with Gasteiger partial charge in [0.1, 0.15) is 0 Å². The molecule has 2 rings (SSSR count). The highest BCUT2D eigenvalue weighted by molar-refractivity contribution is 5.97. The van der Waals surface area contributed by atoms with Gasteiger partial charge in [-0.1, -0.05) is 0 Å². The van der Waals surface area contributed by atoms with Crippen molar-refractivity contribution >= 4 is 23.4 Å². The molecular weight excluding hydrogens is 232 g/mol. The van der Waals surface area contributed by atoms with Crippen LogP contribution in [0.3, 0.4) is 0 Å². The van der Waals surface area contributed by atoms with Crippen LogP contribution in [0.5, 0.6) is 0 Å². The molecule has 18 heavy (non-hydrogen) atoms. The molecule has 0 radical (unpaired) electrons. The standard InChI is InChI=1S/C13H16N2O3/c1-3-15-11-6-5-10(14-13(17)18-2)8-9(11)4-7-12(15)16/h5-6,8H,3-4,7H2,1-2H3,(H,14,17). The van der Waals surface area contributed by atoms with Crippen molar-refractivity contribution in [2.24, 2.45) is 0 Å². The van der Waals surface area contributed by atoms with Crippen LogP contribution in [0.1, 0.15) is 18.9 Å². The Labute approximate surface area is 106 Å². The van der Waals surface area contributed by atoms with Gasteiger partial charge in [-0.3, -0.25) is 10.1 Å². The minimum Gasteiger partial charge on any atom is -0.453 e. The Morgan fingerprint density at radius 1 is 1.44 bits per heavy atom. The number of ether oxygens (including phenoxy) is 1. The van der Waals surface area contributed by atoms with E-state index in [4.69, 9.17) is 0 Å². The molecule has 5 heteroatoms. The van der Waals surface area contributed by atoms with Crippen molar-refractivity contribution in [2.75, 3.05) is 23.9 Å². The zero-order valence-corrected chi connectivity index (χ0v) is 10.5. The van der Waals surface area contributed by atoms with Crippen LogP contribution in [0.2, 0.25) is 0 Å². The minimum absolute atomic E-state index is 0.152. The highest BCUT2D eigenvalue weighted by Gasteiger charge is 2.22. The average molecular weight is 248 g/mol. The first kappa shape index (κ1) is 12.4. The number of hydrogen-bond donors (Lipinski definition) is 1. The number of nitrogens with zero attached hydrogens (tertiary/aromatic N) is 1. The average Bonchev–Trinajstić information content (AvgIpc) is 2.38. The Balaban J connectivity index is 2.27. The summed E-state index contributed by atoms with van der Waals surface area (Å²) in [6.45, 7) is 2.61. The minimum atomic E-state index is -0.491. The Hall–Kier alpha value is -2.04. The number of amides is 2. The number of carbonyl (C=O) groups excluding carboxylic acids is 2. The molecular formula is C13H16N2O3. The summed E-state index contributed by atoms with van der Waals surface area (Å²) in [5.74, 6) is 0.152. The maximum atomic E-state index is 11.7. The monoisotopic (exact) mass is 248 g/mol. The largest absolute Gasteiger partial charge is 0.453 e. The summed E-state index contributed by atoms with van der Waals surface area (Å²) >= 11 is 0. The van der Waals surface area contributed by atoms with Crippen molar-refractivity contribution in [1.29, 1.82) is 0 Å². The third-order valence-corrected chi connectivity index (χ3v) is 3.03. The fourth-order valence-electron chi connectivity index (χ4n) is 2.15. The summed E-state index contributed by atoms with van der Waals surface area (Å²) < 4.78 is 4.54. The van der Waals surface area contributed by atoms with Gasteiger partial charge in [0.25, 0.3) is 0 Å². The van der Waals surface area contributed by atoms with Gasteiger partial charge in [-0.15, -0.1) is 0 Å². The first-order chi connectivity index (χ1) is 8.65. The van der Waals surface area contributed by atoms with Gasteiger partial charge in [0.15, 0.2) is 0 Å². The van der Waals surface area contributed by atoms with Gasteiger partial charge in [0.05, 0.1) is 7.11 Å². The van der Waals surface area contributed by atoms with Crippen LogP contribution >= 0.6 is 0 Å². The second-order valence-corrected chi connectivity index (χ2v) is 4.10. The first-order valence-electron chi connectivity index (χ1n) is 5.94. The predicted octanol–water partition coefficient (Wildman–Crippen LogP) is 2.16. The molecule has 5 nitrogen and oxygen atoms in total. The van der Waals surface area contributed by atoms with Gasteiger partial charge in [-0.25, -0.2) is 4.79 Å². The zero-order chi connectivity index (χ0) is 13.1. The van der Waals surface area contributed by atoms with Crippen LogP contribution < -0.4 is 10.2 Å². The lowest BCUT2D eigenvalue weighted by Crippen LogP contribution is -2.34. The van der Waals surface area contributed by atoms with Gasteiger partial charge in [0, 0.05) is 24.3 Å². The van der Waals surface area contributed by atoms with Crippen LogP contribution in [-0.4, -0.2) is 25.7 Å². The van der Waals surface area contributed by atoms with E-state index in [0.717, 1.165) is 11.3 Å². The van der Waals surface area contributed by atoms with E-state index in [0.29, 0.717) is 25.1 Å². The molecule has 1 aromatic carbocycles. The molecule has 1 N–H and O–H groups in total. The number of methoxy groups -OCH3 is 1. The number of carbonyl (C=O) groups is 2. The molecule has 0 fully saturated rings. The molecule has 0 aromatic heterocycles. The van der Waals surface area contributed by atoms with Crippen molar-refractivity contribution in [2.45, 2.75) is 19.8 Å². The van der Waals surface area contributed by atoms with Crippen molar-refractivity contribution in [3.05, 3.63) is 23.8 Å². The van der Waals surface area contributed by atoms with Gasteiger partial charge < -0.3 is 9.64 Å². The zero-order valence-electron chi connectivity index (χ0n) is 10.5. The Kier molecular flexibility index (Phi) is 3.50. The van der Waals surface area contributed by atoms with Crippen LogP contribution in [0, 0.1) is 0 Å². The van der Waals surface area contributed by atoms with Crippen molar-refractivity contribution in [3.8, 4) is 0 Å². The summed E-state index contributed by atoms with van der Waals surface area (Å²) in [6, 6.07) is 5.53. The van der Waals surface area contributed by atoms with E-state index in [-0.39, 0.29) is 5.91 Å². The maximum absolute atomic E-state index is 11.7. The SMILES string of the molecule is CCN1C(=O)CCc2cc(NC(=O)OC)ccc21. The number of nitrogens with one attached hydrogen (secondary N) is 1. The molecule has 1 aliphatic rings. The molecule has 0 spiro atoms. The molecule has 2 amide bonds. The molecule has 0 saturated heterocycles. The molecule has 1 heterocycles.